The number of methoxy groups -OCH3 is 2. The molecule has 1 N–H and O–H groups in total. The van der Waals surface area contributed by atoms with Gasteiger partial charge < -0.3 is 24.3 Å². The highest BCUT2D eigenvalue weighted by Gasteiger charge is 2.27. The third-order valence-corrected chi connectivity index (χ3v) is 9.28. The van der Waals surface area contributed by atoms with E-state index >= 15 is 0 Å². The summed E-state index contributed by atoms with van der Waals surface area (Å²) in [6.45, 7) is 6.30. The molecule has 0 bridgehead atoms. The number of hydrogen-bond donors (Lipinski definition) is 1. The number of ether oxygens (including phenoxy) is 2. The Bertz CT molecular complexity index is 2200. The van der Waals surface area contributed by atoms with Gasteiger partial charge in [-0.15, -0.1) is 0 Å². The lowest BCUT2D eigenvalue weighted by Gasteiger charge is -2.23. The van der Waals surface area contributed by atoms with Gasteiger partial charge in [0, 0.05) is 25.2 Å². The van der Waals surface area contributed by atoms with Crippen LogP contribution in [0, 0.1) is 0 Å². The number of anilines is 2. The van der Waals surface area contributed by atoms with E-state index in [4.69, 9.17) is 39.6 Å². The third-order valence-electron chi connectivity index (χ3n) is 9.28. The fourth-order valence-corrected chi connectivity index (χ4v) is 6.60. The van der Waals surface area contributed by atoms with Crippen LogP contribution in [0.5, 0.6) is 0 Å². The number of nitrogens with one attached hydrogen (secondary N) is 1. The van der Waals surface area contributed by atoms with Crippen molar-refractivity contribution < 1.29 is 19.1 Å². The van der Waals surface area contributed by atoms with Crippen LogP contribution in [0.25, 0.3) is 22.1 Å². The molecule has 0 spiro atoms. The van der Waals surface area contributed by atoms with Gasteiger partial charge in [-0.1, -0.05) is 30.3 Å². The predicted octanol–water partition coefficient (Wildman–Crippen LogP) is 6.61. The van der Waals surface area contributed by atoms with E-state index < -0.39 is 23.3 Å². The molecule has 2 saturated heterocycles. The zero-order valence-electron chi connectivity index (χ0n) is 29.9. The number of fused-ring (bicyclic) bond motifs is 2. The number of benzene rings is 3. The molecule has 0 saturated carbocycles. The fourth-order valence-electron chi connectivity index (χ4n) is 6.60. The second-order valence-electron chi connectivity index (χ2n) is 12.7. The minimum atomic E-state index is -1.72. The van der Waals surface area contributed by atoms with E-state index in [0.29, 0.717) is 57.4 Å². The highest BCUT2D eigenvalue weighted by atomic mass is 35.8. The molecular weight excluding hydrogens is 758 g/mol. The van der Waals surface area contributed by atoms with Crippen molar-refractivity contribution in [2.75, 3.05) is 37.1 Å². The van der Waals surface area contributed by atoms with Crippen LogP contribution in [0.3, 0.4) is 0 Å². The Balaban J connectivity index is 0.000000192. The largest absolute Gasteiger partial charge is 0.643 e. The molecule has 7 rings (SSSR count). The van der Waals surface area contributed by atoms with Crippen molar-refractivity contribution in [1.29, 1.82) is 0 Å². The first-order valence-electron chi connectivity index (χ1n) is 17.2. The van der Waals surface area contributed by atoms with Gasteiger partial charge in [0.2, 0.25) is 0 Å². The molecular formula is C37H40AlCl3N6O6. The number of hydrogen-bond acceptors (Lipinski definition) is 10. The molecule has 278 valence electrons. The van der Waals surface area contributed by atoms with E-state index in [-0.39, 0.29) is 17.2 Å². The zero-order chi connectivity index (χ0) is 38.2. The summed E-state index contributed by atoms with van der Waals surface area (Å²) < 4.78 is 11.3. The van der Waals surface area contributed by atoms with Crippen LogP contribution in [-0.2, 0) is 16.0 Å². The lowest BCUT2D eigenvalue weighted by atomic mass is 10.1. The molecule has 3 aromatic carbocycles. The number of carbonyl (C=O) groups excluding carboxylic acids is 2. The monoisotopic (exact) mass is 796 g/mol. The fraction of sp³-hybridized carbons (Fsp3) is 0.351. The molecule has 0 amide bonds. The Hall–Kier alpha value is -4.12. The number of aromatic nitrogens is 4. The Morgan fingerprint density at radius 3 is 1.87 bits per heavy atom. The van der Waals surface area contributed by atoms with E-state index in [2.05, 4.69) is 33.7 Å². The van der Waals surface area contributed by atoms with Gasteiger partial charge in [-0.05, 0) is 81.5 Å². The van der Waals surface area contributed by atoms with Crippen LogP contribution in [0.2, 0.25) is 0 Å². The second-order valence-corrected chi connectivity index (χ2v) is 19.2. The summed E-state index contributed by atoms with van der Waals surface area (Å²) in [7, 11) is 17.5. The number of halogens is 3. The van der Waals surface area contributed by atoms with Gasteiger partial charge in [0.05, 0.1) is 54.0 Å². The van der Waals surface area contributed by atoms with E-state index in [1.165, 1.54) is 14.2 Å². The highest BCUT2D eigenvalue weighted by Crippen LogP contribution is 2.25. The number of aromatic amines is 1. The summed E-state index contributed by atoms with van der Waals surface area (Å²) in [5.74, 6) is 0.0477. The predicted molar refractivity (Wildman–Crippen MR) is 212 cm³/mol. The molecule has 2 fully saturated rings. The molecule has 2 aliphatic heterocycles. The van der Waals surface area contributed by atoms with Crippen LogP contribution >= 0.6 is 30.1 Å². The maximum atomic E-state index is 13.4. The second kappa shape index (κ2) is 18.3. The average molecular weight is 798 g/mol. The molecule has 16 heteroatoms. The first-order chi connectivity index (χ1) is 25.4. The Morgan fingerprint density at radius 2 is 1.32 bits per heavy atom. The first kappa shape index (κ1) is 40.1. The van der Waals surface area contributed by atoms with E-state index in [1.54, 1.807) is 41.0 Å². The topological polar surface area (TPSA) is 140 Å². The number of nitrogens with zero attached hydrogens (tertiary/aromatic N) is 5. The smallest absolute Gasteiger partial charge is 0.465 e. The van der Waals surface area contributed by atoms with Gasteiger partial charge in [-0.2, -0.15) is 0 Å². The van der Waals surface area contributed by atoms with Crippen LogP contribution in [0.4, 0.5) is 11.6 Å². The summed E-state index contributed by atoms with van der Waals surface area (Å²) in [5.41, 5.74) is 4.12. The number of esters is 2. The van der Waals surface area contributed by atoms with E-state index in [1.807, 2.05) is 35.2 Å². The van der Waals surface area contributed by atoms with Crippen LogP contribution < -0.4 is 20.9 Å². The van der Waals surface area contributed by atoms with Crippen molar-refractivity contribution in [2.24, 2.45) is 0 Å². The molecule has 2 atom stereocenters. The van der Waals surface area contributed by atoms with Gasteiger partial charge in [0.15, 0.2) is 11.6 Å². The number of rotatable bonds is 6. The van der Waals surface area contributed by atoms with Gasteiger partial charge in [0.1, 0.15) is 0 Å². The van der Waals surface area contributed by atoms with Crippen LogP contribution in [0.1, 0.15) is 65.8 Å². The SMILES string of the molecule is COC(=O)c1ccc2[nH]c(=O)c(N3CCC[C@@H]3C)nc2c1.COC(=O)c1ccc2c(c1)nc(N1CCC[C@@H]1C)c(=O)n2Cc1ccccc1.[Cl][Al]([Cl])[Cl]. The molecule has 0 radical (unpaired) electrons. The van der Waals surface area contributed by atoms with Crippen LogP contribution in [-0.4, -0.2) is 82.2 Å². The summed E-state index contributed by atoms with van der Waals surface area (Å²) in [4.78, 5) is 65.2. The van der Waals surface area contributed by atoms with Gasteiger partial charge in [-0.3, -0.25) is 14.2 Å². The minimum absolute atomic E-state index is 0.101. The van der Waals surface area contributed by atoms with Gasteiger partial charge in [-0.25, -0.2) is 49.7 Å². The molecule has 0 unspecified atom stereocenters. The third kappa shape index (κ3) is 9.71. The average Bonchev–Trinajstić information content (AvgIpc) is 3.78. The zero-order valence-corrected chi connectivity index (χ0v) is 33.3. The van der Waals surface area contributed by atoms with Crippen molar-refractivity contribution in [3.05, 3.63) is 104 Å². The maximum absolute atomic E-state index is 13.4. The summed E-state index contributed by atoms with van der Waals surface area (Å²) in [5, 5.41) is 0. The molecule has 4 heterocycles. The lowest BCUT2D eigenvalue weighted by molar-refractivity contribution is 0.0592. The summed E-state index contributed by atoms with van der Waals surface area (Å²) in [6.07, 6.45) is 4.20. The molecule has 0 aliphatic carbocycles. The molecule has 2 aromatic heterocycles. The summed E-state index contributed by atoms with van der Waals surface area (Å²) >= 11 is -1.72. The minimum Gasteiger partial charge on any atom is -0.465 e. The first-order valence-corrected chi connectivity index (χ1v) is 22.4. The maximum Gasteiger partial charge on any atom is 0.643 e. The van der Waals surface area contributed by atoms with Crippen molar-refractivity contribution in [1.82, 2.24) is 19.5 Å². The molecule has 2 aliphatic rings. The highest BCUT2D eigenvalue weighted by molar-refractivity contribution is 7.54. The Morgan fingerprint density at radius 1 is 0.792 bits per heavy atom. The standard InChI is InChI=1S/C22H23N3O3.C15H17N3O3.Al.3ClH/c1-15-7-6-12-24(15)20-21(26)25(14-16-8-4-3-5-9-16)19-11-10-17(22(27)28-2)13-18(19)23-20;1-9-4-3-7-18(9)13-14(19)17-11-6-5-10(15(20)21-2)8-12(11)16-13;;;;/h3-5,8-11,13,15H,6-7,12,14H2,1-2H3;5-6,8-9H,3-4,7H2,1-2H3,(H,17,19);;3*1H/q;;+3;;;/p-3/t15-;9-;;;;/m00..../s1. The van der Waals surface area contributed by atoms with Gasteiger partial charge >= 0.3 is 23.3 Å². The Labute approximate surface area is 323 Å². The normalized spacial score (nSPS) is 16.4. The van der Waals surface area contributed by atoms with Crippen molar-refractivity contribution in [3.63, 3.8) is 0 Å². The molecule has 12 nitrogen and oxygen atoms in total. The van der Waals surface area contributed by atoms with Crippen molar-refractivity contribution >= 4 is 87.2 Å². The molecule has 5 aromatic rings. The van der Waals surface area contributed by atoms with Crippen molar-refractivity contribution in [3.8, 4) is 0 Å². The van der Waals surface area contributed by atoms with Crippen molar-refractivity contribution in [2.45, 2.75) is 58.2 Å². The lowest BCUT2D eigenvalue weighted by Crippen LogP contribution is -2.36. The number of carbonyl (C=O) groups is 2. The van der Waals surface area contributed by atoms with Crippen LogP contribution in [0.15, 0.2) is 76.3 Å². The molecule has 53 heavy (non-hydrogen) atoms. The summed E-state index contributed by atoms with van der Waals surface area (Å²) in [6, 6.07) is 20.5. The number of H-pyrrole nitrogens is 1. The van der Waals surface area contributed by atoms with Gasteiger partial charge in [0.25, 0.3) is 11.1 Å². The Kier molecular flexibility index (Phi) is 13.8. The quantitative estimate of drug-likeness (QED) is 0.148. The van der Waals surface area contributed by atoms with E-state index in [0.717, 1.165) is 44.3 Å². The van der Waals surface area contributed by atoms with E-state index in [9.17, 15) is 19.2 Å².